The van der Waals surface area contributed by atoms with Crippen LogP contribution < -0.4 is 5.32 Å². The molecule has 1 aliphatic carbocycles. The lowest BCUT2D eigenvalue weighted by molar-refractivity contribution is 0.462. The van der Waals surface area contributed by atoms with Gasteiger partial charge in [-0.2, -0.15) is 0 Å². The van der Waals surface area contributed by atoms with E-state index in [0.717, 1.165) is 40.0 Å². The second-order valence-electron chi connectivity index (χ2n) is 7.47. The van der Waals surface area contributed by atoms with Gasteiger partial charge in [-0.3, -0.25) is 0 Å². The van der Waals surface area contributed by atoms with Crippen LogP contribution in [0.1, 0.15) is 51.6 Å². The minimum atomic E-state index is -0.473. The molecule has 30 heavy (non-hydrogen) atoms. The van der Waals surface area contributed by atoms with E-state index < -0.39 is 5.83 Å². The first kappa shape index (κ1) is 22.3. The minimum absolute atomic E-state index is 0.473. The Kier molecular flexibility index (Phi) is 7.91. The molecule has 0 aromatic carbocycles. The molecule has 6 heteroatoms. The van der Waals surface area contributed by atoms with Gasteiger partial charge in [-0.1, -0.05) is 49.8 Å². The zero-order valence-electron chi connectivity index (χ0n) is 18.1. The smallest absolute Gasteiger partial charge is 0.168 e. The number of aromatic nitrogens is 3. The minimum Gasteiger partial charge on any atom is -0.367 e. The number of imidazole rings is 1. The average molecular weight is 427 g/mol. The molecule has 1 aliphatic rings. The highest BCUT2D eigenvalue weighted by Gasteiger charge is 2.20. The molecule has 2 heterocycles. The maximum absolute atomic E-state index is 13.3. The SMILES string of the molecule is C=C(F)/C=C\C(=C/C)c1nc(SC)n(CC)c1-c1ccnc(NC2CCCCC2)c1. The summed E-state index contributed by atoms with van der Waals surface area (Å²) in [4.78, 5) is 9.44. The lowest BCUT2D eigenvalue weighted by Gasteiger charge is -2.23. The third-order valence-corrected chi connectivity index (χ3v) is 6.13. The summed E-state index contributed by atoms with van der Waals surface area (Å²) in [5.74, 6) is 0.424. The summed E-state index contributed by atoms with van der Waals surface area (Å²) in [5, 5.41) is 4.55. The number of pyridine rings is 1. The monoisotopic (exact) mass is 426 g/mol. The molecule has 0 saturated heterocycles. The van der Waals surface area contributed by atoms with Crippen molar-refractivity contribution in [1.82, 2.24) is 14.5 Å². The predicted molar refractivity (Wildman–Crippen MR) is 126 cm³/mol. The summed E-state index contributed by atoms with van der Waals surface area (Å²) in [6.45, 7) is 8.18. The van der Waals surface area contributed by atoms with Crippen LogP contribution in [0.5, 0.6) is 0 Å². The number of nitrogens with zero attached hydrogens (tertiary/aromatic N) is 3. The first-order chi connectivity index (χ1) is 14.6. The molecule has 0 amide bonds. The van der Waals surface area contributed by atoms with Crippen LogP contribution in [0.2, 0.25) is 0 Å². The Hall–Kier alpha value is -2.34. The second-order valence-corrected chi connectivity index (χ2v) is 8.25. The Labute approximate surface area is 183 Å². The molecule has 2 aromatic rings. The molecular weight excluding hydrogens is 395 g/mol. The van der Waals surface area contributed by atoms with E-state index in [9.17, 15) is 4.39 Å². The van der Waals surface area contributed by atoms with Crippen LogP contribution in [0.15, 0.2) is 54.1 Å². The predicted octanol–water partition coefficient (Wildman–Crippen LogP) is 6.87. The fourth-order valence-corrected chi connectivity index (χ4v) is 4.60. The van der Waals surface area contributed by atoms with Crippen molar-refractivity contribution in [2.75, 3.05) is 11.6 Å². The highest BCUT2D eigenvalue weighted by molar-refractivity contribution is 7.98. The van der Waals surface area contributed by atoms with Crippen molar-refractivity contribution in [3.05, 3.63) is 54.7 Å². The molecule has 1 N–H and O–H groups in total. The number of nitrogens with one attached hydrogen (secondary N) is 1. The first-order valence-electron chi connectivity index (χ1n) is 10.6. The van der Waals surface area contributed by atoms with Gasteiger partial charge in [0.05, 0.1) is 11.4 Å². The quantitative estimate of drug-likeness (QED) is 0.369. The van der Waals surface area contributed by atoms with Crippen molar-refractivity contribution >= 4 is 23.2 Å². The van der Waals surface area contributed by atoms with Crippen LogP contribution in [0.25, 0.3) is 16.8 Å². The number of anilines is 1. The third kappa shape index (κ3) is 5.22. The summed E-state index contributed by atoms with van der Waals surface area (Å²) in [5.41, 5.74) is 3.79. The highest BCUT2D eigenvalue weighted by Crippen LogP contribution is 2.34. The van der Waals surface area contributed by atoms with E-state index in [1.54, 1.807) is 17.8 Å². The van der Waals surface area contributed by atoms with E-state index in [1.165, 1.54) is 38.2 Å². The van der Waals surface area contributed by atoms with Gasteiger partial charge < -0.3 is 9.88 Å². The highest BCUT2D eigenvalue weighted by atomic mass is 32.2. The van der Waals surface area contributed by atoms with E-state index in [2.05, 4.69) is 34.4 Å². The van der Waals surface area contributed by atoms with Crippen LogP contribution in [0, 0.1) is 0 Å². The van der Waals surface area contributed by atoms with Crippen molar-refractivity contribution < 1.29 is 4.39 Å². The van der Waals surface area contributed by atoms with E-state index in [1.807, 2.05) is 31.5 Å². The molecule has 2 aromatic heterocycles. The van der Waals surface area contributed by atoms with Crippen LogP contribution >= 0.6 is 11.8 Å². The molecule has 160 valence electrons. The Morgan fingerprint density at radius 1 is 1.33 bits per heavy atom. The maximum Gasteiger partial charge on any atom is 0.168 e. The molecule has 0 radical (unpaired) electrons. The molecule has 0 atom stereocenters. The van der Waals surface area contributed by atoms with E-state index >= 15 is 0 Å². The number of hydrogen-bond donors (Lipinski definition) is 1. The normalized spacial score (nSPS) is 15.7. The summed E-state index contributed by atoms with van der Waals surface area (Å²) in [6.07, 6.45) is 15.2. The number of rotatable bonds is 8. The number of halogens is 1. The molecule has 4 nitrogen and oxygen atoms in total. The second kappa shape index (κ2) is 10.6. The van der Waals surface area contributed by atoms with Crippen molar-refractivity contribution in [2.45, 2.75) is 63.7 Å². The molecule has 0 spiro atoms. The zero-order chi connectivity index (χ0) is 21.5. The van der Waals surface area contributed by atoms with Crippen molar-refractivity contribution in [3.63, 3.8) is 0 Å². The number of allylic oxidation sites excluding steroid dienone is 5. The third-order valence-electron chi connectivity index (χ3n) is 5.45. The molecule has 0 unspecified atom stereocenters. The van der Waals surface area contributed by atoms with E-state index in [0.29, 0.717) is 6.04 Å². The van der Waals surface area contributed by atoms with Gasteiger partial charge in [-0.05, 0) is 56.7 Å². The molecular formula is C24H31FN4S. The number of thioether (sulfide) groups is 1. The summed E-state index contributed by atoms with van der Waals surface area (Å²) >= 11 is 1.61. The van der Waals surface area contributed by atoms with Gasteiger partial charge in [0, 0.05) is 24.3 Å². The lowest BCUT2D eigenvalue weighted by Crippen LogP contribution is -2.22. The molecule has 0 bridgehead atoms. The average Bonchev–Trinajstić information content (AvgIpc) is 3.13. The van der Waals surface area contributed by atoms with Crippen LogP contribution in [-0.4, -0.2) is 26.8 Å². The maximum atomic E-state index is 13.3. The van der Waals surface area contributed by atoms with Gasteiger partial charge in [-0.25, -0.2) is 14.4 Å². The fourth-order valence-electron chi connectivity index (χ4n) is 3.98. The van der Waals surface area contributed by atoms with Crippen LogP contribution in [0.4, 0.5) is 10.2 Å². The molecule has 0 aliphatic heterocycles. The Balaban J connectivity index is 2.04. The topological polar surface area (TPSA) is 42.7 Å². The van der Waals surface area contributed by atoms with Gasteiger partial charge in [-0.15, -0.1) is 0 Å². The Morgan fingerprint density at radius 2 is 2.10 bits per heavy atom. The van der Waals surface area contributed by atoms with Gasteiger partial charge in [0.15, 0.2) is 5.16 Å². The zero-order valence-corrected chi connectivity index (χ0v) is 18.9. The summed E-state index contributed by atoms with van der Waals surface area (Å²) in [7, 11) is 0. The van der Waals surface area contributed by atoms with Crippen LogP contribution in [-0.2, 0) is 6.54 Å². The molecule has 1 saturated carbocycles. The van der Waals surface area contributed by atoms with Gasteiger partial charge in [0.25, 0.3) is 0 Å². The van der Waals surface area contributed by atoms with Crippen molar-refractivity contribution in [3.8, 4) is 11.3 Å². The van der Waals surface area contributed by atoms with Crippen molar-refractivity contribution in [2.24, 2.45) is 0 Å². The van der Waals surface area contributed by atoms with Gasteiger partial charge >= 0.3 is 0 Å². The standard InChI is InChI=1S/C24H31FN4S/c1-5-18(13-12-17(3)25)22-23(29(6-2)24(28-22)30-4)19-14-15-26-21(16-19)27-20-10-8-7-9-11-20/h5,12-16,20H,3,6-11H2,1-2,4H3,(H,26,27)/b13-12-,18-5+. The van der Waals surface area contributed by atoms with Crippen LogP contribution in [0.3, 0.4) is 0 Å². The largest absolute Gasteiger partial charge is 0.367 e. The Bertz CT molecular complexity index is 939. The lowest BCUT2D eigenvalue weighted by atomic mass is 9.95. The van der Waals surface area contributed by atoms with E-state index in [-0.39, 0.29) is 0 Å². The van der Waals surface area contributed by atoms with Gasteiger partial charge in [0.2, 0.25) is 0 Å². The first-order valence-corrected chi connectivity index (χ1v) is 11.9. The van der Waals surface area contributed by atoms with E-state index in [4.69, 9.17) is 4.98 Å². The number of hydrogen-bond acceptors (Lipinski definition) is 4. The fraction of sp³-hybridized carbons (Fsp3) is 0.417. The molecule has 3 rings (SSSR count). The van der Waals surface area contributed by atoms with Crippen molar-refractivity contribution in [1.29, 1.82) is 0 Å². The summed E-state index contributed by atoms with van der Waals surface area (Å²) < 4.78 is 15.5. The summed E-state index contributed by atoms with van der Waals surface area (Å²) in [6, 6.07) is 4.62. The molecule has 1 fully saturated rings. The van der Waals surface area contributed by atoms with Gasteiger partial charge in [0.1, 0.15) is 11.6 Å². The Morgan fingerprint density at radius 3 is 2.73 bits per heavy atom.